The van der Waals surface area contributed by atoms with Gasteiger partial charge in [-0.1, -0.05) is 35.5 Å². The van der Waals surface area contributed by atoms with Crippen LogP contribution in [-0.2, 0) is 11.3 Å². The molecule has 2 aromatic carbocycles. The minimum Gasteiger partial charge on any atom is -0.467 e. The Kier molecular flexibility index (Phi) is 6.92. The summed E-state index contributed by atoms with van der Waals surface area (Å²) >= 11 is 7.30. The van der Waals surface area contributed by atoms with Gasteiger partial charge in [-0.15, -0.1) is 10.2 Å². The van der Waals surface area contributed by atoms with Crippen molar-refractivity contribution in [3.05, 3.63) is 89.1 Å². The lowest BCUT2D eigenvalue weighted by molar-refractivity contribution is -0.119. The zero-order valence-electron chi connectivity index (χ0n) is 17.2. The van der Waals surface area contributed by atoms with Gasteiger partial charge in [-0.3, -0.25) is 9.36 Å². The molecule has 1 unspecified atom stereocenters. The summed E-state index contributed by atoms with van der Waals surface area (Å²) in [5.41, 5.74) is 1.69. The maximum Gasteiger partial charge on any atom is 0.230 e. The highest BCUT2D eigenvalue weighted by atomic mass is 35.5. The second kappa shape index (κ2) is 10.0. The molecule has 0 aliphatic heterocycles. The van der Waals surface area contributed by atoms with E-state index in [4.69, 9.17) is 16.0 Å². The van der Waals surface area contributed by atoms with Crippen LogP contribution in [0.15, 0.2) is 76.5 Å². The van der Waals surface area contributed by atoms with Crippen LogP contribution in [-0.4, -0.2) is 26.4 Å². The number of nitrogens with one attached hydrogen (secondary N) is 1. The molecule has 0 fully saturated rings. The fraction of sp³-hybridized carbons (Fsp3) is 0.174. The topological polar surface area (TPSA) is 73.0 Å². The van der Waals surface area contributed by atoms with Crippen LogP contribution in [0.5, 0.6) is 0 Å². The molecule has 6 nitrogen and oxygen atoms in total. The van der Waals surface area contributed by atoms with Crippen molar-refractivity contribution < 1.29 is 13.6 Å². The largest absolute Gasteiger partial charge is 0.467 e. The fourth-order valence-corrected chi connectivity index (χ4v) is 4.03. The third-order valence-electron chi connectivity index (χ3n) is 4.79. The monoisotopic (exact) mass is 470 g/mol. The van der Waals surface area contributed by atoms with E-state index in [2.05, 4.69) is 15.5 Å². The molecule has 164 valence electrons. The Morgan fingerprint density at radius 1 is 1.16 bits per heavy atom. The Labute approximate surface area is 193 Å². The van der Waals surface area contributed by atoms with Gasteiger partial charge in [0.25, 0.3) is 0 Å². The molecular weight excluding hydrogens is 451 g/mol. The van der Waals surface area contributed by atoms with Gasteiger partial charge in [0.2, 0.25) is 5.91 Å². The molecule has 0 saturated carbocycles. The number of halogens is 2. The van der Waals surface area contributed by atoms with Crippen LogP contribution in [0.3, 0.4) is 0 Å². The molecule has 0 aliphatic carbocycles. The number of carbonyl (C=O) groups excluding carboxylic acids is 1. The first-order chi connectivity index (χ1) is 15.5. The highest BCUT2D eigenvalue weighted by Gasteiger charge is 2.18. The van der Waals surface area contributed by atoms with Crippen molar-refractivity contribution in [2.45, 2.75) is 24.7 Å². The number of hydrogen-bond donors (Lipinski definition) is 1. The number of furan rings is 1. The zero-order valence-corrected chi connectivity index (χ0v) is 18.7. The van der Waals surface area contributed by atoms with Crippen LogP contribution in [0.2, 0.25) is 5.02 Å². The summed E-state index contributed by atoms with van der Waals surface area (Å²) in [7, 11) is 0. The molecule has 2 heterocycles. The molecule has 1 amide bonds. The first-order valence-electron chi connectivity index (χ1n) is 9.89. The van der Waals surface area contributed by atoms with Crippen molar-refractivity contribution in [2.24, 2.45) is 0 Å². The maximum absolute atomic E-state index is 13.1. The Morgan fingerprint density at radius 2 is 1.91 bits per heavy atom. The van der Waals surface area contributed by atoms with Crippen molar-refractivity contribution in [3.63, 3.8) is 0 Å². The number of rotatable bonds is 8. The van der Waals surface area contributed by atoms with E-state index in [0.29, 0.717) is 22.5 Å². The van der Waals surface area contributed by atoms with Crippen LogP contribution in [0.1, 0.15) is 24.3 Å². The van der Waals surface area contributed by atoms with Gasteiger partial charge in [0, 0.05) is 10.6 Å². The second-order valence-corrected chi connectivity index (χ2v) is 8.49. The van der Waals surface area contributed by atoms with Crippen LogP contribution in [0, 0.1) is 5.82 Å². The van der Waals surface area contributed by atoms with Crippen LogP contribution in [0.4, 0.5) is 4.39 Å². The Bertz CT molecular complexity index is 1180. The first kappa shape index (κ1) is 22.1. The minimum atomic E-state index is -0.310. The Morgan fingerprint density at radius 3 is 2.59 bits per heavy atom. The third kappa shape index (κ3) is 5.38. The minimum absolute atomic E-state index is 0.155. The van der Waals surface area contributed by atoms with E-state index in [1.165, 1.54) is 23.9 Å². The van der Waals surface area contributed by atoms with Crippen LogP contribution in [0.25, 0.3) is 11.4 Å². The van der Waals surface area contributed by atoms with Gasteiger partial charge in [0.1, 0.15) is 11.6 Å². The molecule has 0 radical (unpaired) electrons. The molecule has 1 N–H and O–H groups in total. The number of hydrogen-bond acceptors (Lipinski definition) is 5. The SMILES string of the molecule is CC(NC(=O)CSc1nnc(-c2ccc(Cl)cc2)n1Cc1ccco1)c1ccc(F)cc1. The lowest BCUT2D eigenvalue weighted by atomic mass is 10.1. The van der Waals surface area contributed by atoms with Crippen molar-refractivity contribution in [1.29, 1.82) is 0 Å². The standard InChI is InChI=1S/C23H20ClFN4O2S/c1-15(16-6-10-19(25)11-7-16)26-21(30)14-32-23-28-27-22(17-4-8-18(24)9-5-17)29(23)13-20-3-2-12-31-20/h2-12,15H,13-14H2,1H3,(H,26,30). The molecule has 0 bridgehead atoms. The molecular formula is C23H20ClFN4O2S. The van der Waals surface area contributed by atoms with Crippen LogP contribution < -0.4 is 5.32 Å². The van der Waals surface area contributed by atoms with E-state index in [1.54, 1.807) is 30.5 Å². The van der Waals surface area contributed by atoms with Crippen molar-refractivity contribution >= 4 is 29.3 Å². The lowest BCUT2D eigenvalue weighted by Gasteiger charge is -2.14. The maximum atomic E-state index is 13.1. The molecule has 0 saturated heterocycles. The van der Waals surface area contributed by atoms with Crippen LogP contribution >= 0.6 is 23.4 Å². The second-order valence-electron chi connectivity index (χ2n) is 7.11. The van der Waals surface area contributed by atoms with E-state index in [9.17, 15) is 9.18 Å². The zero-order chi connectivity index (χ0) is 22.5. The van der Waals surface area contributed by atoms with Gasteiger partial charge >= 0.3 is 0 Å². The van der Waals surface area contributed by atoms with Gasteiger partial charge in [-0.2, -0.15) is 0 Å². The summed E-state index contributed by atoms with van der Waals surface area (Å²) < 4.78 is 20.5. The lowest BCUT2D eigenvalue weighted by Crippen LogP contribution is -2.28. The number of carbonyl (C=O) groups is 1. The van der Waals surface area contributed by atoms with E-state index in [0.717, 1.165) is 16.9 Å². The molecule has 0 aliphatic rings. The van der Waals surface area contributed by atoms with Crippen molar-refractivity contribution in [2.75, 3.05) is 5.75 Å². The van der Waals surface area contributed by atoms with Gasteiger partial charge in [-0.25, -0.2) is 4.39 Å². The quantitative estimate of drug-likeness (QED) is 0.351. The number of thioether (sulfide) groups is 1. The predicted octanol–water partition coefficient (Wildman–Crippen LogP) is 5.35. The highest BCUT2D eigenvalue weighted by molar-refractivity contribution is 7.99. The smallest absolute Gasteiger partial charge is 0.230 e. The first-order valence-corrected chi connectivity index (χ1v) is 11.2. The summed E-state index contributed by atoms with van der Waals surface area (Å²) in [5.74, 6) is 1.09. The normalized spacial score (nSPS) is 12.0. The Balaban J connectivity index is 1.48. The Hall–Kier alpha value is -3.10. The summed E-state index contributed by atoms with van der Waals surface area (Å²) in [5, 5.41) is 12.8. The van der Waals surface area contributed by atoms with E-state index >= 15 is 0 Å². The van der Waals surface area contributed by atoms with Gasteiger partial charge in [-0.05, 0) is 61.0 Å². The fourth-order valence-electron chi connectivity index (χ4n) is 3.16. The van der Waals surface area contributed by atoms with E-state index in [-0.39, 0.29) is 23.5 Å². The summed E-state index contributed by atoms with van der Waals surface area (Å²) in [6.07, 6.45) is 1.61. The van der Waals surface area contributed by atoms with Crippen molar-refractivity contribution in [1.82, 2.24) is 20.1 Å². The van der Waals surface area contributed by atoms with Gasteiger partial charge in [0.15, 0.2) is 11.0 Å². The third-order valence-corrected chi connectivity index (χ3v) is 6.01. The van der Waals surface area contributed by atoms with Gasteiger partial charge < -0.3 is 9.73 Å². The number of aromatic nitrogens is 3. The molecule has 0 spiro atoms. The highest BCUT2D eigenvalue weighted by Crippen LogP contribution is 2.26. The van der Waals surface area contributed by atoms with Gasteiger partial charge in [0.05, 0.1) is 24.6 Å². The molecule has 2 aromatic heterocycles. The number of nitrogens with zero attached hydrogens (tertiary/aromatic N) is 3. The molecule has 4 aromatic rings. The van der Waals surface area contributed by atoms with E-state index in [1.807, 2.05) is 35.8 Å². The molecule has 9 heteroatoms. The molecule has 32 heavy (non-hydrogen) atoms. The predicted molar refractivity (Wildman–Crippen MR) is 122 cm³/mol. The molecule has 4 rings (SSSR count). The van der Waals surface area contributed by atoms with Crippen molar-refractivity contribution in [3.8, 4) is 11.4 Å². The summed E-state index contributed by atoms with van der Waals surface area (Å²) in [6.45, 7) is 2.28. The summed E-state index contributed by atoms with van der Waals surface area (Å²) in [4.78, 5) is 12.5. The summed E-state index contributed by atoms with van der Waals surface area (Å²) in [6, 6.07) is 16.8. The van der Waals surface area contributed by atoms with E-state index < -0.39 is 0 Å². The average Bonchev–Trinajstić information content (AvgIpc) is 3.44. The molecule has 1 atom stereocenters. The number of benzene rings is 2. The average molecular weight is 471 g/mol. The number of amides is 1.